The van der Waals surface area contributed by atoms with Gasteiger partial charge in [-0.05, 0) is 134 Å². The molecule has 0 saturated heterocycles. The smallest absolute Gasteiger partial charge is 0.00153 e. The van der Waals surface area contributed by atoms with Crippen LogP contribution in [0.4, 0.5) is 0 Å². The average molecular weight is 518 g/mol. The molecule has 33 heavy (non-hydrogen) atoms. The van der Waals surface area contributed by atoms with Gasteiger partial charge in [0.1, 0.15) is 0 Å². The Hall–Kier alpha value is -0.690. The summed E-state index contributed by atoms with van der Waals surface area (Å²) in [5.74, 6) is 2.08. The van der Waals surface area contributed by atoms with Crippen molar-refractivity contribution in [3.8, 4) is 0 Å². The largest absolute Gasteiger partial charge is 0.147 e. The molecule has 0 atom stereocenters. The van der Waals surface area contributed by atoms with E-state index in [1.165, 1.54) is 33.4 Å². The van der Waals surface area contributed by atoms with Crippen molar-refractivity contribution in [3.63, 3.8) is 0 Å². The molecule has 0 aliphatic heterocycles. The van der Waals surface area contributed by atoms with Crippen LogP contribution in [-0.2, 0) is 0 Å². The molecular weight excluding hydrogens is 467 g/mol. The predicted octanol–water partition coefficient (Wildman–Crippen LogP) is 11.2. The minimum absolute atomic E-state index is 0. The van der Waals surface area contributed by atoms with Gasteiger partial charge in [0.25, 0.3) is 0 Å². The monoisotopic (exact) mass is 516 g/mol. The molecule has 0 saturated carbocycles. The fourth-order valence-corrected chi connectivity index (χ4v) is 4.70. The van der Waals surface area contributed by atoms with Gasteiger partial charge in [0, 0.05) is 0 Å². The van der Waals surface area contributed by atoms with Crippen molar-refractivity contribution in [2.75, 3.05) is 0 Å². The zero-order valence-electron chi connectivity index (χ0n) is 24.0. The molecule has 0 nitrogen and oxygen atoms in total. The second-order valence-corrected chi connectivity index (χ2v) is 10.0. The van der Waals surface area contributed by atoms with Crippen LogP contribution < -0.4 is 0 Å². The third kappa shape index (κ3) is 7.65. The van der Waals surface area contributed by atoms with E-state index in [4.69, 9.17) is 0 Å². The van der Waals surface area contributed by atoms with Crippen LogP contribution in [-0.4, -0.2) is 0 Å². The maximum absolute atomic E-state index is 2.28. The molecule has 3 rings (SSSR count). The third-order valence-electron chi connectivity index (χ3n) is 9.13. The molecule has 192 valence electrons. The van der Waals surface area contributed by atoms with Crippen LogP contribution in [0.15, 0.2) is 66.9 Å². The number of hydrogen-bond donors (Lipinski definition) is 0. The minimum Gasteiger partial charge on any atom is -0.147 e. The molecule has 0 aromatic rings. The molecule has 0 bridgehead atoms. The van der Waals surface area contributed by atoms with Gasteiger partial charge in [0.05, 0.1) is 0 Å². The Kier molecular flexibility index (Phi) is 16.4. The lowest BCUT2D eigenvalue weighted by Gasteiger charge is -2.05. The Morgan fingerprint density at radius 1 is 0.273 bits per heavy atom. The van der Waals surface area contributed by atoms with Crippen molar-refractivity contribution in [1.82, 2.24) is 0 Å². The fourth-order valence-electron chi connectivity index (χ4n) is 4.70. The Morgan fingerprint density at radius 2 is 0.364 bits per heavy atom. The molecule has 0 fully saturated rings. The molecule has 3 aliphatic rings. The van der Waals surface area contributed by atoms with E-state index in [1.54, 1.807) is 33.4 Å². The molecule has 0 aromatic heterocycles. The Bertz CT molecular complexity index is 710. The molecule has 0 N–H and O–H groups in total. The summed E-state index contributed by atoms with van der Waals surface area (Å²) in [6.45, 7) is 33.6. The van der Waals surface area contributed by atoms with Gasteiger partial charge in [0.15, 0.2) is 0 Å². The second kappa shape index (κ2) is 14.7. The van der Waals surface area contributed by atoms with E-state index in [0.29, 0.717) is 17.8 Å². The van der Waals surface area contributed by atoms with Gasteiger partial charge < -0.3 is 0 Å². The van der Waals surface area contributed by atoms with E-state index < -0.39 is 0 Å². The first-order chi connectivity index (χ1) is 13.7. The molecule has 0 heterocycles. The highest BCUT2D eigenvalue weighted by Crippen LogP contribution is 2.37. The van der Waals surface area contributed by atoms with E-state index in [2.05, 4.69) is 104 Å². The molecular formula is C30H51Cl3. The van der Waals surface area contributed by atoms with Crippen LogP contribution in [0.3, 0.4) is 0 Å². The number of allylic oxidation sites excluding steroid dienone is 12. The lowest BCUT2D eigenvalue weighted by molar-refractivity contribution is 0.815. The molecule has 0 radical (unpaired) electrons. The van der Waals surface area contributed by atoms with Crippen molar-refractivity contribution < 1.29 is 0 Å². The van der Waals surface area contributed by atoms with Crippen molar-refractivity contribution >= 4 is 37.2 Å². The first-order valence-corrected chi connectivity index (χ1v) is 11.7. The van der Waals surface area contributed by atoms with Gasteiger partial charge >= 0.3 is 0 Å². The van der Waals surface area contributed by atoms with Crippen molar-refractivity contribution in [2.45, 2.75) is 104 Å². The summed E-state index contributed by atoms with van der Waals surface area (Å²) in [4.78, 5) is 0. The Labute approximate surface area is 225 Å². The van der Waals surface area contributed by atoms with Gasteiger partial charge in [-0.25, -0.2) is 0 Å². The lowest BCUT2D eigenvalue weighted by atomic mass is 10.00. The highest BCUT2D eigenvalue weighted by Gasteiger charge is 2.20. The lowest BCUT2D eigenvalue weighted by Crippen LogP contribution is -1.92. The third-order valence-corrected chi connectivity index (χ3v) is 9.13. The normalized spacial score (nSPS) is 19.4. The topological polar surface area (TPSA) is 0 Å². The van der Waals surface area contributed by atoms with E-state index in [-0.39, 0.29) is 37.2 Å². The zero-order chi connectivity index (χ0) is 23.7. The molecule has 0 spiro atoms. The van der Waals surface area contributed by atoms with Crippen LogP contribution >= 0.6 is 37.2 Å². The van der Waals surface area contributed by atoms with Crippen LogP contribution in [0.2, 0.25) is 0 Å². The summed E-state index contributed by atoms with van der Waals surface area (Å²) >= 11 is 0. The Morgan fingerprint density at radius 3 is 0.394 bits per heavy atom. The van der Waals surface area contributed by atoms with Crippen LogP contribution in [0.5, 0.6) is 0 Å². The minimum atomic E-state index is 0. The van der Waals surface area contributed by atoms with Crippen molar-refractivity contribution in [1.29, 1.82) is 0 Å². The van der Waals surface area contributed by atoms with Gasteiger partial charge in [-0.15, -0.1) is 37.2 Å². The number of hydrogen-bond acceptors (Lipinski definition) is 0. The first kappa shape index (κ1) is 36.9. The number of halogens is 3. The highest BCUT2D eigenvalue weighted by molar-refractivity contribution is 5.86. The standard InChI is InChI=1S/3C10H16.3ClH/c3*1-6-7(2)9(4)10(5)8(6)3;;;/h3*6H,1-5H3;3*1H. The summed E-state index contributed by atoms with van der Waals surface area (Å²) in [5, 5.41) is 0. The van der Waals surface area contributed by atoms with Gasteiger partial charge in [0.2, 0.25) is 0 Å². The van der Waals surface area contributed by atoms with E-state index >= 15 is 0 Å². The molecule has 0 amide bonds. The summed E-state index contributed by atoms with van der Waals surface area (Å²) < 4.78 is 0. The maximum Gasteiger partial charge on any atom is -0.00153 e. The summed E-state index contributed by atoms with van der Waals surface area (Å²) in [6, 6.07) is 0. The Balaban J connectivity index is -0.000000391. The van der Waals surface area contributed by atoms with Gasteiger partial charge in [-0.2, -0.15) is 0 Å². The van der Waals surface area contributed by atoms with Crippen molar-refractivity contribution in [2.24, 2.45) is 17.8 Å². The molecule has 0 unspecified atom stereocenters. The second-order valence-electron chi connectivity index (χ2n) is 10.0. The van der Waals surface area contributed by atoms with Crippen molar-refractivity contribution in [3.05, 3.63) is 66.9 Å². The molecule has 3 heteroatoms. The average Bonchev–Trinajstić information content (AvgIpc) is 3.09. The zero-order valence-corrected chi connectivity index (χ0v) is 26.4. The van der Waals surface area contributed by atoms with Crippen LogP contribution in [0.1, 0.15) is 104 Å². The highest BCUT2D eigenvalue weighted by atomic mass is 35.5. The molecule has 0 aromatic carbocycles. The first-order valence-electron chi connectivity index (χ1n) is 11.7. The summed E-state index contributed by atoms with van der Waals surface area (Å²) in [7, 11) is 0. The van der Waals surface area contributed by atoms with E-state index in [0.717, 1.165) is 0 Å². The van der Waals surface area contributed by atoms with E-state index in [9.17, 15) is 0 Å². The van der Waals surface area contributed by atoms with Crippen LogP contribution in [0.25, 0.3) is 0 Å². The fraction of sp³-hybridized carbons (Fsp3) is 0.600. The van der Waals surface area contributed by atoms with Gasteiger partial charge in [-0.3, -0.25) is 0 Å². The number of rotatable bonds is 0. The summed E-state index contributed by atoms with van der Waals surface area (Å²) in [6.07, 6.45) is 0. The van der Waals surface area contributed by atoms with E-state index in [1.807, 2.05) is 0 Å². The maximum atomic E-state index is 2.28. The van der Waals surface area contributed by atoms with Gasteiger partial charge in [-0.1, -0.05) is 54.2 Å². The summed E-state index contributed by atoms with van der Waals surface area (Å²) in [5.41, 5.74) is 18.3. The van der Waals surface area contributed by atoms with Crippen LogP contribution in [0, 0.1) is 17.8 Å². The SMILES string of the molecule is CC1=C(C)C(C)C(C)=C1C.CC1=C(C)C(C)C(C)=C1C.CC1=C(C)C(C)C(C)=C1C.Cl.Cl.Cl. The molecule has 3 aliphatic carbocycles. The quantitative estimate of drug-likeness (QED) is 0.299. The predicted molar refractivity (Wildman–Crippen MR) is 159 cm³/mol.